The molecule has 0 radical (unpaired) electrons. The molecule has 0 unspecified atom stereocenters. The van der Waals surface area contributed by atoms with Gasteiger partial charge >= 0.3 is 6.18 Å². The highest BCUT2D eigenvalue weighted by atomic mass is 19.4. The third kappa shape index (κ3) is 3.50. The number of amides is 1. The summed E-state index contributed by atoms with van der Waals surface area (Å²) >= 11 is 0. The molecule has 0 saturated heterocycles. The number of carbonyl (C=O) groups excluding carboxylic acids is 1. The number of nitrogens with zero attached hydrogens (tertiary/aromatic N) is 1. The molecule has 0 atom stereocenters. The average Bonchev–Trinajstić information content (AvgIpc) is 3.37. The van der Waals surface area contributed by atoms with Crippen molar-refractivity contribution >= 4 is 5.91 Å². The maximum absolute atomic E-state index is 13.1. The lowest BCUT2D eigenvalue weighted by Gasteiger charge is -2.12. The number of nitrogens with one attached hydrogen (secondary N) is 1. The van der Waals surface area contributed by atoms with Crippen molar-refractivity contribution in [1.82, 2.24) is 10.3 Å². The maximum atomic E-state index is 13.1. The predicted molar refractivity (Wildman–Crippen MR) is 81.7 cm³/mol. The first-order valence-corrected chi connectivity index (χ1v) is 7.41. The van der Waals surface area contributed by atoms with E-state index < -0.39 is 17.6 Å². The first-order valence-electron chi connectivity index (χ1n) is 7.41. The normalized spacial score (nSPS) is 14.3. The number of pyridine rings is 1. The van der Waals surface area contributed by atoms with Crippen LogP contribution in [0.3, 0.4) is 0 Å². The molecule has 7 heteroatoms. The van der Waals surface area contributed by atoms with Crippen molar-refractivity contribution in [2.75, 3.05) is 7.11 Å². The van der Waals surface area contributed by atoms with Gasteiger partial charge < -0.3 is 10.1 Å². The summed E-state index contributed by atoms with van der Waals surface area (Å²) in [7, 11) is 1.14. The fourth-order valence-corrected chi connectivity index (χ4v) is 2.29. The minimum atomic E-state index is -4.56. The molecular weight excluding hydrogens is 321 g/mol. The van der Waals surface area contributed by atoms with Gasteiger partial charge in [0.2, 0.25) is 5.88 Å². The molecule has 0 aliphatic heterocycles. The van der Waals surface area contributed by atoms with E-state index in [2.05, 4.69) is 15.0 Å². The fourth-order valence-electron chi connectivity index (χ4n) is 2.29. The van der Waals surface area contributed by atoms with Crippen LogP contribution in [0.5, 0.6) is 5.88 Å². The van der Waals surface area contributed by atoms with Crippen molar-refractivity contribution < 1.29 is 22.7 Å². The topological polar surface area (TPSA) is 51.2 Å². The molecule has 1 saturated carbocycles. The van der Waals surface area contributed by atoms with E-state index in [0.29, 0.717) is 16.7 Å². The number of hydrogen-bond acceptors (Lipinski definition) is 3. The van der Waals surface area contributed by atoms with Gasteiger partial charge in [0.1, 0.15) is 5.56 Å². The largest absolute Gasteiger partial charge is 0.481 e. The first-order chi connectivity index (χ1) is 11.4. The zero-order valence-electron chi connectivity index (χ0n) is 12.9. The van der Waals surface area contributed by atoms with Crippen LogP contribution in [-0.2, 0) is 6.18 Å². The predicted octanol–water partition coefficient (Wildman–Crippen LogP) is 3.67. The Bertz CT molecular complexity index is 753. The number of rotatable bonds is 4. The zero-order valence-corrected chi connectivity index (χ0v) is 12.9. The van der Waals surface area contributed by atoms with Crippen LogP contribution in [-0.4, -0.2) is 24.0 Å². The van der Waals surface area contributed by atoms with E-state index in [9.17, 15) is 18.0 Å². The van der Waals surface area contributed by atoms with Crippen LogP contribution in [0.1, 0.15) is 28.8 Å². The summed E-state index contributed by atoms with van der Waals surface area (Å²) < 4.78 is 43.8. The second kappa shape index (κ2) is 6.14. The fraction of sp³-hybridized carbons (Fsp3) is 0.294. The highest BCUT2D eigenvalue weighted by Crippen LogP contribution is 2.37. The summed E-state index contributed by atoms with van der Waals surface area (Å²) in [5.41, 5.74) is 0.386. The molecule has 0 spiro atoms. The van der Waals surface area contributed by atoms with Crippen LogP contribution in [0.4, 0.5) is 13.2 Å². The molecule has 126 valence electrons. The smallest absolute Gasteiger partial charge is 0.421 e. The van der Waals surface area contributed by atoms with Gasteiger partial charge in [-0.3, -0.25) is 4.79 Å². The Kier molecular flexibility index (Phi) is 4.17. The highest BCUT2D eigenvalue weighted by molar-refractivity contribution is 5.95. The second-order valence-corrected chi connectivity index (χ2v) is 5.60. The van der Waals surface area contributed by atoms with E-state index in [1.807, 2.05) is 0 Å². The maximum Gasteiger partial charge on any atom is 0.421 e. The molecule has 2 aromatic rings. The number of benzene rings is 1. The van der Waals surface area contributed by atoms with Gasteiger partial charge in [0.15, 0.2) is 0 Å². The van der Waals surface area contributed by atoms with Crippen molar-refractivity contribution in [3.05, 3.63) is 47.7 Å². The van der Waals surface area contributed by atoms with Crippen molar-refractivity contribution in [3.63, 3.8) is 0 Å². The minimum Gasteiger partial charge on any atom is -0.481 e. The van der Waals surface area contributed by atoms with Crippen LogP contribution in [0.25, 0.3) is 11.1 Å². The van der Waals surface area contributed by atoms with Crippen molar-refractivity contribution in [1.29, 1.82) is 0 Å². The Hall–Kier alpha value is -2.57. The van der Waals surface area contributed by atoms with Crippen molar-refractivity contribution in [2.45, 2.75) is 25.1 Å². The quantitative estimate of drug-likeness (QED) is 0.927. The number of ether oxygens (including phenoxy) is 1. The van der Waals surface area contributed by atoms with E-state index in [4.69, 9.17) is 0 Å². The van der Waals surface area contributed by atoms with Crippen LogP contribution < -0.4 is 10.1 Å². The van der Waals surface area contributed by atoms with Gasteiger partial charge in [-0.15, -0.1) is 0 Å². The molecule has 1 fully saturated rings. The first kappa shape index (κ1) is 16.3. The third-order valence-corrected chi connectivity index (χ3v) is 3.74. The number of aromatic nitrogens is 1. The molecule has 0 bridgehead atoms. The monoisotopic (exact) mass is 336 g/mol. The third-order valence-electron chi connectivity index (χ3n) is 3.74. The lowest BCUT2D eigenvalue weighted by Crippen LogP contribution is -2.25. The number of methoxy groups -OCH3 is 1. The number of hydrogen-bond donors (Lipinski definition) is 1. The Morgan fingerprint density at radius 3 is 2.42 bits per heavy atom. The van der Waals surface area contributed by atoms with Crippen LogP contribution in [0, 0.1) is 0 Å². The number of halogens is 3. The van der Waals surface area contributed by atoms with Gasteiger partial charge in [0, 0.05) is 23.4 Å². The molecule has 1 aromatic heterocycles. The lowest BCUT2D eigenvalue weighted by molar-refractivity contribution is -0.139. The van der Waals surface area contributed by atoms with E-state index in [-0.39, 0.29) is 11.9 Å². The van der Waals surface area contributed by atoms with E-state index >= 15 is 0 Å². The van der Waals surface area contributed by atoms with Crippen LogP contribution in [0.15, 0.2) is 36.5 Å². The summed E-state index contributed by atoms with van der Waals surface area (Å²) in [5.74, 6) is -0.639. The molecule has 1 aliphatic rings. The lowest BCUT2D eigenvalue weighted by atomic mass is 10.0. The van der Waals surface area contributed by atoms with Gasteiger partial charge in [-0.05, 0) is 36.6 Å². The summed E-state index contributed by atoms with van der Waals surface area (Å²) in [6.45, 7) is 0. The number of carbonyl (C=O) groups is 1. The second-order valence-electron chi connectivity index (χ2n) is 5.60. The van der Waals surface area contributed by atoms with E-state index in [0.717, 1.165) is 26.0 Å². The average molecular weight is 336 g/mol. The summed E-state index contributed by atoms with van der Waals surface area (Å²) in [6.07, 6.45) is -1.27. The van der Waals surface area contributed by atoms with Crippen molar-refractivity contribution in [3.8, 4) is 17.0 Å². The molecule has 1 aliphatic carbocycles. The SMILES string of the molecule is COc1ncc(-c2ccc(C(=O)NC3CC3)cc2)cc1C(F)(F)F. The molecular formula is C17H15F3N2O2. The van der Waals surface area contributed by atoms with Crippen LogP contribution >= 0.6 is 0 Å². The molecule has 4 nitrogen and oxygen atoms in total. The summed E-state index contributed by atoms with van der Waals surface area (Å²) in [4.78, 5) is 15.6. The highest BCUT2D eigenvalue weighted by Gasteiger charge is 2.35. The Morgan fingerprint density at radius 1 is 1.21 bits per heavy atom. The summed E-state index contributed by atoms with van der Waals surface area (Å²) in [6, 6.07) is 7.62. The molecule has 1 aromatic carbocycles. The van der Waals surface area contributed by atoms with Crippen molar-refractivity contribution in [2.24, 2.45) is 0 Å². The van der Waals surface area contributed by atoms with E-state index in [1.54, 1.807) is 24.3 Å². The standard InChI is InChI=1S/C17H15F3N2O2/c1-24-16-14(17(18,19)20)8-12(9-21-16)10-2-4-11(5-3-10)15(23)22-13-6-7-13/h2-5,8-9,13H,6-7H2,1H3,(H,22,23). The molecule has 3 rings (SSSR count). The van der Waals surface area contributed by atoms with Gasteiger partial charge in [-0.2, -0.15) is 13.2 Å². The Morgan fingerprint density at radius 2 is 1.88 bits per heavy atom. The number of alkyl halides is 3. The van der Waals surface area contributed by atoms with Gasteiger partial charge in [-0.1, -0.05) is 12.1 Å². The zero-order chi connectivity index (χ0) is 17.3. The minimum absolute atomic E-state index is 0.173. The van der Waals surface area contributed by atoms with Crippen LogP contribution in [0.2, 0.25) is 0 Å². The Labute approximate surface area is 136 Å². The molecule has 1 heterocycles. The molecule has 1 N–H and O–H groups in total. The van der Waals surface area contributed by atoms with Gasteiger partial charge in [0.25, 0.3) is 5.91 Å². The summed E-state index contributed by atoms with van der Waals surface area (Å²) in [5, 5.41) is 2.86. The van der Waals surface area contributed by atoms with Gasteiger partial charge in [0.05, 0.1) is 7.11 Å². The van der Waals surface area contributed by atoms with E-state index in [1.165, 1.54) is 6.20 Å². The Balaban J connectivity index is 1.87. The van der Waals surface area contributed by atoms with Gasteiger partial charge in [-0.25, -0.2) is 4.98 Å². The molecule has 1 amide bonds. The molecule has 24 heavy (non-hydrogen) atoms.